The quantitative estimate of drug-likeness (QED) is 0.175. The van der Waals surface area contributed by atoms with E-state index in [0.29, 0.717) is 17.5 Å². The summed E-state index contributed by atoms with van der Waals surface area (Å²) in [6.45, 7) is 0. The molecular formula is C47H27N3O2. The minimum absolute atomic E-state index is 0.579. The molecule has 0 saturated carbocycles. The first-order valence-corrected chi connectivity index (χ1v) is 17.3. The van der Waals surface area contributed by atoms with Gasteiger partial charge in [-0.3, -0.25) is 0 Å². The van der Waals surface area contributed by atoms with Gasteiger partial charge in [-0.1, -0.05) is 133 Å². The first-order chi connectivity index (χ1) is 25.7. The van der Waals surface area contributed by atoms with Crippen molar-refractivity contribution in [2.24, 2.45) is 0 Å². The molecule has 0 amide bonds. The van der Waals surface area contributed by atoms with Crippen molar-refractivity contribution in [1.82, 2.24) is 15.0 Å². The van der Waals surface area contributed by atoms with Crippen molar-refractivity contribution in [3.05, 3.63) is 164 Å². The number of furan rings is 2. The summed E-state index contributed by atoms with van der Waals surface area (Å²) in [4.78, 5) is 15.1. The number of hydrogen-bond acceptors (Lipinski definition) is 5. The van der Waals surface area contributed by atoms with Crippen LogP contribution in [0.25, 0.3) is 111 Å². The molecule has 0 aliphatic carbocycles. The first kappa shape index (κ1) is 28.7. The summed E-state index contributed by atoms with van der Waals surface area (Å²) < 4.78 is 13.1. The van der Waals surface area contributed by atoms with Crippen molar-refractivity contribution in [3.8, 4) is 45.3 Å². The van der Waals surface area contributed by atoms with Gasteiger partial charge >= 0.3 is 0 Å². The van der Waals surface area contributed by atoms with Crippen LogP contribution in [0.2, 0.25) is 0 Å². The molecule has 0 unspecified atom stereocenters. The van der Waals surface area contributed by atoms with Crippen molar-refractivity contribution >= 4 is 65.4 Å². The van der Waals surface area contributed by atoms with Crippen LogP contribution in [-0.2, 0) is 0 Å². The van der Waals surface area contributed by atoms with Gasteiger partial charge < -0.3 is 8.83 Å². The third-order valence-electron chi connectivity index (χ3n) is 10.1. The Hall–Kier alpha value is -7.11. The lowest BCUT2D eigenvalue weighted by molar-refractivity contribution is 0.669. The molecule has 0 aliphatic heterocycles. The van der Waals surface area contributed by atoms with Crippen molar-refractivity contribution in [1.29, 1.82) is 0 Å². The predicted molar refractivity (Wildman–Crippen MR) is 211 cm³/mol. The molecule has 0 aliphatic rings. The second-order valence-corrected chi connectivity index (χ2v) is 13.2. The average Bonchev–Trinajstić information content (AvgIpc) is 3.79. The monoisotopic (exact) mass is 665 g/mol. The molecule has 0 atom stereocenters. The van der Waals surface area contributed by atoms with Crippen LogP contribution in [0.4, 0.5) is 0 Å². The molecule has 5 nitrogen and oxygen atoms in total. The van der Waals surface area contributed by atoms with Crippen molar-refractivity contribution < 1.29 is 8.83 Å². The van der Waals surface area contributed by atoms with E-state index < -0.39 is 0 Å². The van der Waals surface area contributed by atoms with E-state index in [2.05, 4.69) is 109 Å². The standard InChI is InChI=1S/C47H27N3O2/c1-2-11-30(12-3-1)45-48-46(50-47(49-45)33-23-24-37-36-16-6-7-19-40(36)51-41(37)27-33)32-14-8-13-31(26-32)35-17-9-18-38-39-25-22-29-21-20-28-10-4-5-15-34(28)42(29)44(39)52-43(35)38/h1-27H. The summed E-state index contributed by atoms with van der Waals surface area (Å²) in [5.41, 5.74) is 8.10. The van der Waals surface area contributed by atoms with E-state index in [1.165, 1.54) is 10.8 Å². The fraction of sp³-hybridized carbons (Fsp3) is 0. The van der Waals surface area contributed by atoms with Gasteiger partial charge in [-0.05, 0) is 52.1 Å². The Kier molecular flexibility index (Phi) is 6.18. The van der Waals surface area contributed by atoms with Crippen LogP contribution in [0.3, 0.4) is 0 Å². The largest absolute Gasteiger partial charge is 0.456 e. The molecule has 0 spiro atoms. The van der Waals surface area contributed by atoms with Gasteiger partial charge in [-0.2, -0.15) is 0 Å². The third kappa shape index (κ3) is 4.46. The maximum Gasteiger partial charge on any atom is 0.164 e. The first-order valence-electron chi connectivity index (χ1n) is 17.3. The van der Waals surface area contributed by atoms with Gasteiger partial charge in [0.25, 0.3) is 0 Å². The Morgan fingerprint density at radius 3 is 1.81 bits per heavy atom. The number of hydrogen-bond donors (Lipinski definition) is 0. The fourth-order valence-electron chi connectivity index (χ4n) is 7.61. The Bertz CT molecular complexity index is 3190. The van der Waals surface area contributed by atoms with Gasteiger partial charge in [0.2, 0.25) is 0 Å². The highest BCUT2D eigenvalue weighted by Crippen LogP contribution is 2.41. The van der Waals surface area contributed by atoms with Crippen LogP contribution >= 0.6 is 0 Å². The zero-order valence-electron chi connectivity index (χ0n) is 27.7. The minimum atomic E-state index is 0.579. The summed E-state index contributed by atoms with van der Waals surface area (Å²) in [6.07, 6.45) is 0. The zero-order valence-corrected chi connectivity index (χ0v) is 27.7. The second kappa shape index (κ2) is 11.2. The van der Waals surface area contributed by atoms with Crippen molar-refractivity contribution in [2.75, 3.05) is 0 Å². The molecule has 11 aromatic rings. The summed E-state index contributed by atoms with van der Waals surface area (Å²) >= 11 is 0. The van der Waals surface area contributed by atoms with Gasteiger partial charge in [0, 0.05) is 49.2 Å². The molecule has 0 bridgehead atoms. The summed E-state index contributed by atoms with van der Waals surface area (Å²) in [5.74, 6) is 1.77. The molecule has 242 valence electrons. The highest BCUT2D eigenvalue weighted by molar-refractivity contribution is 6.24. The normalized spacial score (nSPS) is 11.8. The van der Waals surface area contributed by atoms with Crippen LogP contribution < -0.4 is 0 Å². The van der Waals surface area contributed by atoms with E-state index >= 15 is 0 Å². The molecule has 0 saturated heterocycles. The smallest absolute Gasteiger partial charge is 0.164 e. The molecular weight excluding hydrogens is 639 g/mol. The van der Waals surface area contributed by atoms with Crippen molar-refractivity contribution in [3.63, 3.8) is 0 Å². The van der Waals surface area contributed by atoms with Gasteiger partial charge in [-0.15, -0.1) is 0 Å². The molecule has 52 heavy (non-hydrogen) atoms. The number of para-hydroxylation sites is 2. The Labute approximate surface area is 297 Å². The molecule has 0 N–H and O–H groups in total. The number of nitrogens with zero attached hydrogens (tertiary/aromatic N) is 3. The number of fused-ring (bicyclic) bond motifs is 10. The van der Waals surface area contributed by atoms with Crippen LogP contribution in [0, 0.1) is 0 Å². The van der Waals surface area contributed by atoms with Crippen LogP contribution in [-0.4, -0.2) is 15.0 Å². The third-order valence-corrected chi connectivity index (χ3v) is 10.1. The number of benzene rings is 8. The van der Waals surface area contributed by atoms with Crippen LogP contribution in [0.5, 0.6) is 0 Å². The highest BCUT2D eigenvalue weighted by Gasteiger charge is 2.18. The predicted octanol–water partition coefficient (Wildman–Crippen LogP) is 12.6. The Balaban J connectivity index is 1.08. The van der Waals surface area contributed by atoms with Crippen LogP contribution in [0.15, 0.2) is 173 Å². The van der Waals surface area contributed by atoms with E-state index in [0.717, 1.165) is 82.5 Å². The van der Waals surface area contributed by atoms with Gasteiger partial charge in [0.1, 0.15) is 22.3 Å². The molecule has 0 fully saturated rings. The van der Waals surface area contributed by atoms with Gasteiger partial charge in [-0.25, -0.2) is 15.0 Å². The molecule has 3 heterocycles. The highest BCUT2D eigenvalue weighted by atomic mass is 16.3. The average molecular weight is 666 g/mol. The molecule has 8 aromatic carbocycles. The topological polar surface area (TPSA) is 65.0 Å². The minimum Gasteiger partial charge on any atom is -0.456 e. The van der Waals surface area contributed by atoms with E-state index in [4.69, 9.17) is 23.8 Å². The Morgan fingerprint density at radius 2 is 0.923 bits per heavy atom. The van der Waals surface area contributed by atoms with E-state index in [1.807, 2.05) is 54.6 Å². The molecule has 3 aromatic heterocycles. The van der Waals surface area contributed by atoms with Crippen LogP contribution in [0.1, 0.15) is 0 Å². The van der Waals surface area contributed by atoms with Crippen molar-refractivity contribution in [2.45, 2.75) is 0 Å². The maximum absolute atomic E-state index is 6.87. The number of aromatic nitrogens is 3. The lowest BCUT2D eigenvalue weighted by Crippen LogP contribution is -2.00. The van der Waals surface area contributed by atoms with E-state index in [1.54, 1.807) is 0 Å². The second-order valence-electron chi connectivity index (χ2n) is 13.2. The van der Waals surface area contributed by atoms with Gasteiger partial charge in [0.15, 0.2) is 17.5 Å². The maximum atomic E-state index is 6.87. The Morgan fingerprint density at radius 1 is 0.327 bits per heavy atom. The summed E-state index contributed by atoms with van der Waals surface area (Å²) in [5, 5.41) is 9.02. The summed E-state index contributed by atoms with van der Waals surface area (Å²) in [6, 6.07) is 56.3. The zero-order chi connectivity index (χ0) is 34.2. The molecule has 0 radical (unpaired) electrons. The number of rotatable bonds is 4. The lowest BCUT2D eigenvalue weighted by Gasteiger charge is -2.10. The van der Waals surface area contributed by atoms with E-state index in [9.17, 15) is 0 Å². The SMILES string of the molecule is c1ccc(-c2nc(-c3cccc(-c4cccc5c4oc4c5ccc5ccc6ccccc6c54)c3)nc(-c3ccc4c(c3)oc3ccccc34)n2)cc1. The molecule has 11 rings (SSSR count). The molecule has 5 heteroatoms. The van der Waals surface area contributed by atoms with E-state index in [-0.39, 0.29) is 0 Å². The van der Waals surface area contributed by atoms with Gasteiger partial charge in [0.05, 0.1) is 0 Å². The summed E-state index contributed by atoms with van der Waals surface area (Å²) in [7, 11) is 0. The fourth-order valence-corrected chi connectivity index (χ4v) is 7.61. The lowest BCUT2D eigenvalue weighted by atomic mass is 9.98.